The van der Waals surface area contributed by atoms with Gasteiger partial charge in [0.25, 0.3) is 0 Å². The molecule has 4 heteroatoms. The highest BCUT2D eigenvalue weighted by molar-refractivity contribution is 5.69. The second-order valence-corrected chi connectivity index (χ2v) is 2.55. The number of hydrogen-bond donors (Lipinski definition) is 1. The van der Waals surface area contributed by atoms with E-state index in [0.29, 0.717) is 5.56 Å². The molecule has 0 aromatic heterocycles. The van der Waals surface area contributed by atoms with Gasteiger partial charge in [0.2, 0.25) is 0 Å². The van der Waals surface area contributed by atoms with Crippen LogP contribution in [0.2, 0.25) is 0 Å². The molecular formula is C9H10FNO2. The second-order valence-electron chi connectivity index (χ2n) is 2.55. The van der Waals surface area contributed by atoms with Gasteiger partial charge in [-0.1, -0.05) is 6.07 Å². The minimum Gasteiger partial charge on any atom is -0.427 e. The average Bonchev–Trinajstić information content (AvgIpc) is 2.03. The van der Waals surface area contributed by atoms with E-state index in [1.807, 2.05) is 0 Å². The van der Waals surface area contributed by atoms with Crippen LogP contribution in [0.5, 0.6) is 5.75 Å². The topological polar surface area (TPSA) is 52.3 Å². The third kappa shape index (κ3) is 2.52. The van der Waals surface area contributed by atoms with Crippen molar-refractivity contribution in [3.63, 3.8) is 0 Å². The van der Waals surface area contributed by atoms with Crippen molar-refractivity contribution >= 4 is 5.97 Å². The Hall–Kier alpha value is -1.42. The fourth-order valence-electron chi connectivity index (χ4n) is 0.923. The Balaban J connectivity index is 2.89. The zero-order valence-electron chi connectivity index (χ0n) is 7.21. The Morgan fingerprint density at radius 3 is 2.77 bits per heavy atom. The molecule has 1 aromatic carbocycles. The summed E-state index contributed by atoms with van der Waals surface area (Å²) < 4.78 is 17.7. The van der Waals surface area contributed by atoms with Gasteiger partial charge in [0, 0.05) is 25.1 Å². The van der Waals surface area contributed by atoms with Gasteiger partial charge >= 0.3 is 5.97 Å². The standard InChI is InChI=1S/C9H10FNO2/c1-6(12)13-8-3-2-7(5-11)9(10)4-8/h2-4H,5,11H2,1H3. The molecule has 0 unspecified atom stereocenters. The molecule has 3 nitrogen and oxygen atoms in total. The summed E-state index contributed by atoms with van der Waals surface area (Å²) in [5, 5.41) is 0. The molecule has 0 aliphatic carbocycles. The molecule has 0 aliphatic rings. The largest absolute Gasteiger partial charge is 0.427 e. The first-order chi connectivity index (χ1) is 6.13. The van der Waals surface area contributed by atoms with E-state index >= 15 is 0 Å². The van der Waals surface area contributed by atoms with Crippen LogP contribution in [0.1, 0.15) is 12.5 Å². The van der Waals surface area contributed by atoms with Crippen LogP contribution in [-0.2, 0) is 11.3 Å². The number of nitrogens with two attached hydrogens (primary N) is 1. The molecular weight excluding hydrogens is 173 g/mol. The maximum atomic E-state index is 13.0. The zero-order valence-corrected chi connectivity index (χ0v) is 7.21. The number of carbonyl (C=O) groups excluding carboxylic acids is 1. The molecule has 0 heterocycles. The summed E-state index contributed by atoms with van der Waals surface area (Å²) in [6.07, 6.45) is 0. The maximum absolute atomic E-state index is 13.0. The molecule has 0 saturated heterocycles. The van der Waals surface area contributed by atoms with Gasteiger partial charge in [0.05, 0.1) is 0 Å². The van der Waals surface area contributed by atoms with Gasteiger partial charge in [0.1, 0.15) is 11.6 Å². The first kappa shape index (κ1) is 9.67. The Morgan fingerprint density at radius 2 is 2.31 bits per heavy atom. The summed E-state index contributed by atoms with van der Waals surface area (Å²) in [5.41, 5.74) is 5.65. The van der Waals surface area contributed by atoms with Gasteiger partial charge in [-0.15, -0.1) is 0 Å². The first-order valence-electron chi connectivity index (χ1n) is 3.80. The summed E-state index contributed by atoms with van der Waals surface area (Å²) in [5.74, 6) is -0.733. The van der Waals surface area contributed by atoms with Crippen molar-refractivity contribution in [1.82, 2.24) is 0 Å². The van der Waals surface area contributed by atoms with Crippen molar-refractivity contribution in [3.8, 4) is 5.75 Å². The van der Waals surface area contributed by atoms with E-state index in [9.17, 15) is 9.18 Å². The zero-order chi connectivity index (χ0) is 9.84. The summed E-state index contributed by atoms with van der Waals surface area (Å²) in [4.78, 5) is 10.5. The van der Waals surface area contributed by atoms with Crippen LogP contribution >= 0.6 is 0 Å². The molecule has 1 aromatic rings. The van der Waals surface area contributed by atoms with E-state index in [1.54, 1.807) is 0 Å². The summed E-state index contributed by atoms with van der Waals surface area (Å²) in [7, 11) is 0. The first-order valence-corrected chi connectivity index (χ1v) is 3.80. The number of halogens is 1. The van der Waals surface area contributed by atoms with Crippen LogP contribution in [0, 0.1) is 5.82 Å². The van der Waals surface area contributed by atoms with Gasteiger partial charge in [0.15, 0.2) is 0 Å². The number of benzene rings is 1. The SMILES string of the molecule is CC(=O)Oc1ccc(CN)c(F)c1. The van der Waals surface area contributed by atoms with E-state index in [2.05, 4.69) is 4.74 Å². The van der Waals surface area contributed by atoms with Gasteiger partial charge in [-0.25, -0.2) is 4.39 Å². The van der Waals surface area contributed by atoms with Crippen LogP contribution in [0.25, 0.3) is 0 Å². The monoisotopic (exact) mass is 183 g/mol. The molecule has 0 bridgehead atoms. The number of carbonyl (C=O) groups is 1. The smallest absolute Gasteiger partial charge is 0.308 e. The van der Waals surface area contributed by atoms with Gasteiger partial charge in [-0.3, -0.25) is 4.79 Å². The van der Waals surface area contributed by atoms with E-state index in [1.165, 1.54) is 19.1 Å². The lowest BCUT2D eigenvalue weighted by Crippen LogP contribution is -2.04. The van der Waals surface area contributed by atoms with Crippen molar-refractivity contribution < 1.29 is 13.9 Å². The lowest BCUT2D eigenvalue weighted by atomic mass is 10.2. The van der Waals surface area contributed by atoms with Crippen LogP contribution in [0.4, 0.5) is 4.39 Å². The third-order valence-corrected chi connectivity index (χ3v) is 1.51. The van der Waals surface area contributed by atoms with Crippen molar-refractivity contribution in [2.75, 3.05) is 0 Å². The van der Waals surface area contributed by atoms with Crippen molar-refractivity contribution in [2.24, 2.45) is 5.73 Å². The van der Waals surface area contributed by atoms with E-state index in [0.717, 1.165) is 6.07 Å². The summed E-state index contributed by atoms with van der Waals surface area (Å²) in [6.45, 7) is 1.39. The molecule has 70 valence electrons. The van der Waals surface area contributed by atoms with E-state index in [-0.39, 0.29) is 12.3 Å². The highest BCUT2D eigenvalue weighted by atomic mass is 19.1. The highest BCUT2D eigenvalue weighted by Crippen LogP contribution is 2.16. The van der Waals surface area contributed by atoms with Crippen molar-refractivity contribution in [1.29, 1.82) is 0 Å². The fraction of sp³-hybridized carbons (Fsp3) is 0.222. The summed E-state index contributed by atoms with van der Waals surface area (Å²) >= 11 is 0. The second kappa shape index (κ2) is 4.00. The number of hydrogen-bond acceptors (Lipinski definition) is 3. The van der Waals surface area contributed by atoms with Crippen LogP contribution in [-0.4, -0.2) is 5.97 Å². The van der Waals surface area contributed by atoms with Crippen LogP contribution in [0.15, 0.2) is 18.2 Å². The lowest BCUT2D eigenvalue weighted by Gasteiger charge is -2.03. The normalized spacial score (nSPS) is 9.77. The minimum atomic E-state index is -0.472. The average molecular weight is 183 g/mol. The molecule has 0 amide bonds. The maximum Gasteiger partial charge on any atom is 0.308 e. The predicted octanol–water partition coefficient (Wildman–Crippen LogP) is 1.21. The quantitative estimate of drug-likeness (QED) is 0.553. The summed E-state index contributed by atoms with van der Waals surface area (Å²) in [6, 6.07) is 4.14. The Morgan fingerprint density at radius 1 is 1.62 bits per heavy atom. The Labute approximate surface area is 75.3 Å². The van der Waals surface area contributed by atoms with Crippen LogP contribution < -0.4 is 10.5 Å². The van der Waals surface area contributed by atoms with E-state index < -0.39 is 11.8 Å². The van der Waals surface area contributed by atoms with Gasteiger partial charge < -0.3 is 10.5 Å². The molecule has 0 fully saturated rings. The Kier molecular flexibility index (Phi) is 2.97. The lowest BCUT2D eigenvalue weighted by molar-refractivity contribution is -0.131. The molecule has 0 aliphatic heterocycles. The predicted molar refractivity (Wildman–Crippen MR) is 45.6 cm³/mol. The molecule has 2 N–H and O–H groups in total. The molecule has 0 spiro atoms. The van der Waals surface area contributed by atoms with Crippen molar-refractivity contribution in [2.45, 2.75) is 13.5 Å². The fourth-order valence-corrected chi connectivity index (χ4v) is 0.923. The molecule has 13 heavy (non-hydrogen) atoms. The molecule has 1 rings (SSSR count). The Bertz CT molecular complexity index is 325. The van der Waals surface area contributed by atoms with Crippen molar-refractivity contribution in [3.05, 3.63) is 29.6 Å². The third-order valence-electron chi connectivity index (χ3n) is 1.51. The molecule has 0 saturated carbocycles. The number of rotatable bonds is 2. The molecule has 0 radical (unpaired) electrons. The number of ether oxygens (including phenoxy) is 1. The molecule has 0 atom stereocenters. The van der Waals surface area contributed by atoms with Gasteiger partial charge in [-0.2, -0.15) is 0 Å². The highest BCUT2D eigenvalue weighted by Gasteiger charge is 2.03. The number of esters is 1. The van der Waals surface area contributed by atoms with Gasteiger partial charge in [-0.05, 0) is 6.07 Å². The van der Waals surface area contributed by atoms with Crippen LogP contribution in [0.3, 0.4) is 0 Å². The minimum absolute atomic E-state index is 0.131. The van der Waals surface area contributed by atoms with E-state index in [4.69, 9.17) is 5.73 Å².